The molecule has 6 heteroatoms. The second kappa shape index (κ2) is 6.58. The van der Waals surface area contributed by atoms with Crippen molar-refractivity contribution in [2.75, 3.05) is 13.1 Å². The van der Waals surface area contributed by atoms with Crippen molar-refractivity contribution in [1.29, 1.82) is 0 Å². The number of hydrogen-bond acceptors (Lipinski definition) is 3. The zero-order chi connectivity index (χ0) is 15.5. The molecule has 2 N–H and O–H groups in total. The quantitative estimate of drug-likeness (QED) is 0.923. The van der Waals surface area contributed by atoms with E-state index in [0.717, 1.165) is 31.8 Å². The fourth-order valence-electron chi connectivity index (χ4n) is 2.80. The molecular weight excluding hydrogens is 288 g/mol. The third kappa shape index (κ3) is 4.04. The number of carbonyl (C=O) groups is 1. The summed E-state index contributed by atoms with van der Waals surface area (Å²) >= 11 is 0. The summed E-state index contributed by atoms with van der Waals surface area (Å²) < 4.78 is 22.4. The Morgan fingerprint density at radius 3 is 2.29 bits per heavy atom. The minimum Gasteiger partial charge on any atom is -0.339 e. The Balaban J connectivity index is 2.01. The first kappa shape index (κ1) is 16.0. The molecule has 1 amide bonds. The molecule has 116 valence electrons. The van der Waals surface area contributed by atoms with Crippen LogP contribution >= 0.6 is 0 Å². The van der Waals surface area contributed by atoms with E-state index < -0.39 is 10.0 Å². The van der Waals surface area contributed by atoms with Crippen LogP contribution in [0.15, 0.2) is 29.2 Å². The van der Waals surface area contributed by atoms with Crippen LogP contribution in [0.2, 0.25) is 0 Å². The van der Waals surface area contributed by atoms with Gasteiger partial charge in [-0.15, -0.1) is 0 Å². The average Bonchev–Trinajstić information content (AvgIpc) is 2.47. The van der Waals surface area contributed by atoms with Crippen LogP contribution < -0.4 is 5.14 Å². The van der Waals surface area contributed by atoms with Gasteiger partial charge in [-0.05, 0) is 43.0 Å². The van der Waals surface area contributed by atoms with Crippen molar-refractivity contribution in [3.05, 3.63) is 29.8 Å². The zero-order valence-corrected chi connectivity index (χ0v) is 13.1. The number of carbonyl (C=O) groups excluding carboxylic acids is 1. The highest BCUT2D eigenvalue weighted by Gasteiger charge is 2.23. The maximum Gasteiger partial charge on any atom is 0.253 e. The Bertz CT molecular complexity index is 588. The maximum absolute atomic E-state index is 12.4. The monoisotopic (exact) mass is 310 g/mol. The molecule has 1 aliphatic rings. The number of nitrogens with two attached hydrogens (primary N) is 1. The van der Waals surface area contributed by atoms with Gasteiger partial charge in [0.25, 0.3) is 5.91 Å². The lowest BCUT2D eigenvalue weighted by Gasteiger charge is -2.32. The third-order valence-corrected chi connectivity index (χ3v) is 4.96. The summed E-state index contributed by atoms with van der Waals surface area (Å²) in [5, 5.41) is 5.05. The molecule has 0 aliphatic carbocycles. The number of amides is 1. The van der Waals surface area contributed by atoms with Gasteiger partial charge in [0.05, 0.1) is 4.90 Å². The highest BCUT2D eigenvalue weighted by atomic mass is 32.2. The summed E-state index contributed by atoms with van der Waals surface area (Å²) in [6.45, 7) is 3.74. The lowest BCUT2D eigenvalue weighted by atomic mass is 9.92. The molecule has 1 aliphatic heterocycles. The van der Waals surface area contributed by atoms with E-state index in [1.165, 1.54) is 37.1 Å². The Morgan fingerprint density at radius 2 is 1.81 bits per heavy atom. The van der Waals surface area contributed by atoms with Crippen LogP contribution in [-0.2, 0) is 10.0 Å². The van der Waals surface area contributed by atoms with Gasteiger partial charge in [-0.2, -0.15) is 0 Å². The summed E-state index contributed by atoms with van der Waals surface area (Å²) in [7, 11) is -3.71. The van der Waals surface area contributed by atoms with E-state index in [2.05, 4.69) is 6.92 Å². The van der Waals surface area contributed by atoms with Crippen molar-refractivity contribution in [3.63, 3.8) is 0 Å². The molecule has 1 saturated heterocycles. The van der Waals surface area contributed by atoms with Crippen molar-refractivity contribution in [2.45, 2.75) is 37.5 Å². The topological polar surface area (TPSA) is 80.5 Å². The fraction of sp³-hybridized carbons (Fsp3) is 0.533. The van der Waals surface area contributed by atoms with Crippen LogP contribution in [0.25, 0.3) is 0 Å². The maximum atomic E-state index is 12.4. The molecule has 0 atom stereocenters. The number of piperidine rings is 1. The molecule has 21 heavy (non-hydrogen) atoms. The van der Waals surface area contributed by atoms with Gasteiger partial charge in [0.1, 0.15) is 0 Å². The first-order valence-electron chi connectivity index (χ1n) is 7.34. The molecule has 1 heterocycles. The van der Waals surface area contributed by atoms with Crippen LogP contribution in [0.3, 0.4) is 0 Å². The summed E-state index contributed by atoms with van der Waals surface area (Å²) in [5.74, 6) is 0.690. The van der Waals surface area contributed by atoms with E-state index in [-0.39, 0.29) is 10.8 Å². The lowest BCUT2D eigenvalue weighted by molar-refractivity contribution is 0.0686. The molecule has 0 bridgehead atoms. The van der Waals surface area contributed by atoms with Gasteiger partial charge >= 0.3 is 0 Å². The van der Waals surface area contributed by atoms with Crippen molar-refractivity contribution in [2.24, 2.45) is 11.1 Å². The van der Waals surface area contributed by atoms with Crippen LogP contribution in [0.1, 0.15) is 43.0 Å². The van der Waals surface area contributed by atoms with Gasteiger partial charge in [0, 0.05) is 18.7 Å². The van der Waals surface area contributed by atoms with Crippen molar-refractivity contribution < 1.29 is 13.2 Å². The molecule has 2 rings (SSSR count). The zero-order valence-electron chi connectivity index (χ0n) is 12.3. The molecule has 0 radical (unpaired) electrons. The summed E-state index contributed by atoms with van der Waals surface area (Å²) in [6.07, 6.45) is 4.52. The molecule has 0 spiro atoms. The lowest BCUT2D eigenvalue weighted by Crippen LogP contribution is -2.38. The van der Waals surface area contributed by atoms with Crippen molar-refractivity contribution in [1.82, 2.24) is 4.90 Å². The molecule has 1 aromatic carbocycles. The minimum atomic E-state index is -3.71. The number of rotatable bonds is 4. The van der Waals surface area contributed by atoms with E-state index in [1.807, 2.05) is 4.90 Å². The Labute approximate surface area is 126 Å². The van der Waals surface area contributed by atoms with Gasteiger partial charge in [-0.1, -0.05) is 19.8 Å². The molecule has 0 saturated carbocycles. The molecular formula is C15H22N2O3S. The Hall–Kier alpha value is -1.40. The number of likely N-dealkylation sites (tertiary alicyclic amines) is 1. The van der Waals surface area contributed by atoms with Crippen LogP contribution in [0.4, 0.5) is 0 Å². The molecule has 0 aromatic heterocycles. The Kier molecular flexibility index (Phi) is 5.00. The molecule has 1 aromatic rings. The molecule has 1 fully saturated rings. The smallest absolute Gasteiger partial charge is 0.253 e. The second-order valence-electron chi connectivity index (χ2n) is 5.59. The fourth-order valence-corrected chi connectivity index (χ4v) is 3.32. The van der Waals surface area contributed by atoms with Crippen LogP contribution in [0.5, 0.6) is 0 Å². The predicted molar refractivity (Wildman–Crippen MR) is 81.4 cm³/mol. The van der Waals surface area contributed by atoms with Gasteiger partial charge in [-0.25, -0.2) is 13.6 Å². The Morgan fingerprint density at radius 1 is 1.24 bits per heavy atom. The number of benzene rings is 1. The third-order valence-electron chi connectivity index (χ3n) is 4.03. The number of sulfonamides is 1. The van der Waals surface area contributed by atoms with E-state index in [4.69, 9.17) is 5.14 Å². The summed E-state index contributed by atoms with van der Waals surface area (Å²) in [6, 6.07) is 5.82. The van der Waals surface area contributed by atoms with Crippen molar-refractivity contribution in [3.8, 4) is 0 Å². The SMILES string of the molecule is CCCC1CCN(C(=O)c2ccc(S(N)(=O)=O)cc2)CC1. The van der Waals surface area contributed by atoms with Crippen LogP contribution in [0, 0.1) is 5.92 Å². The number of hydrogen-bond donors (Lipinski definition) is 1. The predicted octanol–water partition coefficient (Wildman–Crippen LogP) is 1.99. The first-order valence-corrected chi connectivity index (χ1v) is 8.88. The summed E-state index contributed by atoms with van der Waals surface area (Å²) in [4.78, 5) is 14.2. The van der Waals surface area contributed by atoms with E-state index in [9.17, 15) is 13.2 Å². The van der Waals surface area contributed by atoms with Gasteiger partial charge in [0.2, 0.25) is 10.0 Å². The van der Waals surface area contributed by atoms with E-state index >= 15 is 0 Å². The molecule has 5 nitrogen and oxygen atoms in total. The highest BCUT2D eigenvalue weighted by Crippen LogP contribution is 2.23. The standard InChI is InChI=1S/C15H22N2O3S/c1-2-3-12-8-10-17(11-9-12)15(18)13-4-6-14(7-5-13)21(16,19)20/h4-7,12H,2-3,8-11H2,1H3,(H2,16,19,20). The highest BCUT2D eigenvalue weighted by molar-refractivity contribution is 7.89. The minimum absolute atomic E-state index is 0.0284. The van der Waals surface area contributed by atoms with Gasteiger partial charge < -0.3 is 4.90 Å². The van der Waals surface area contributed by atoms with Crippen molar-refractivity contribution >= 4 is 15.9 Å². The van der Waals surface area contributed by atoms with E-state index in [0.29, 0.717) is 5.56 Å². The largest absolute Gasteiger partial charge is 0.339 e. The summed E-state index contributed by atoms with van der Waals surface area (Å²) in [5.41, 5.74) is 0.511. The average molecular weight is 310 g/mol. The first-order chi connectivity index (χ1) is 9.91. The van der Waals surface area contributed by atoms with Crippen LogP contribution in [-0.4, -0.2) is 32.3 Å². The second-order valence-corrected chi connectivity index (χ2v) is 7.16. The van der Waals surface area contributed by atoms with Gasteiger partial charge in [0.15, 0.2) is 0 Å². The van der Waals surface area contributed by atoms with Gasteiger partial charge in [-0.3, -0.25) is 4.79 Å². The van der Waals surface area contributed by atoms with E-state index in [1.54, 1.807) is 0 Å². The number of nitrogens with zero attached hydrogens (tertiary/aromatic N) is 1. The molecule has 0 unspecified atom stereocenters. The number of primary sulfonamides is 1. The normalized spacial score (nSPS) is 17.0.